The van der Waals surface area contributed by atoms with Gasteiger partial charge in [-0.15, -0.1) is 0 Å². The molecule has 0 fully saturated rings. The topological polar surface area (TPSA) is 109 Å². The molecule has 146 valence electrons. The third-order valence-electron chi connectivity index (χ3n) is 4.33. The first-order valence-corrected chi connectivity index (χ1v) is 10.2. The molecule has 0 saturated heterocycles. The highest BCUT2D eigenvalue weighted by atomic mass is 35.5. The number of nitrogens with zero attached hydrogens (tertiary/aromatic N) is 2. The maximum Gasteiger partial charge on any atom is 0.286 e. The van der Waals surface area contributed by atoms with Crippen molar-refractivity contribution in [1.29, 1.82) is 0 Å². The summed E-state index contributed by atoms with van der Waals surface area (Å²) >= 11 is 6.27. The number of benzene rings is 2. The van der Waals surface area contributed by atoms with Gasteiger partial charge in [0, 0.05) is 35.0 Å². The van der Waals surface area contributed by atoms with Gasteiger partial charge >= 0.3 is 0 Å². The van der Waals surface area contributed by atoms with Crippen LogP contribution < -0.4 is 5.43 Å². The van der Waals surface area contributed by atoms with E-state index in [4.69, 9.17) is 11.6 Å². The highest BCUT2D eigenvalue weighted by Crippen LogP contribution is 2.35. The number of aromatic nitrogens is 2. The van der Waals surface area contributed by atoms with E-state index in [9.17, 15) is 23.4 Å². The molecule has 0 aliphatic heterocycles. The van der Waals surface area contributed by atoms with E-state index < -0.39 is 27.0 Å². The van der Waals surface area contributed by atoms with Gasteiger partial charge < -0.3 is 10.2 Å². The van der Waals surface area contributed by atoms with Crippen molar-refractivity contribution in [1.82, 2.24) is 8.96 Å². The number of rotatable bonds is 3. The molecular formula is C20H13ClN2O5S. The minimum absolute atomic E-state index is 0.0243. The summed E-state index contributed by atoms with van der Waals surface area (Å²) in [4.78, 5) is 16.6. The van der Waals surface area contributed by atoms with Gasteiger partial charge in [0.2, 0.25) is 0 Å². The molecule has 2 heterocycles. The van der Waals surface area contributed by atoms with Gasteiger partial charge in [-0.05, 0) is 18.2 Å². The van der Waals surface area contributed by atoms with E-state index in [0.29, 0.717) is 0 Å². The lowest BCUT2D eigenvalue weighted by Gasteiger charge is -2.18. The van der Waals surface area contributed by atoms with Crippen LogP contribution in [0.3, 0.4) is 0 Å². The lowest BCUT2D eigenvalue weighted by Crippen LogP contribution is -2.21. The van der Waals surface area contributed by atoms with E-state index in [1.807, 2.05) is 0 Å². The Morgan fingerprint density at radius 1 is 0.966 bits per heavy atom. The van der Waals surface area contributed by atoms with Crippen molar-refractivity contribution in [2.24, 2.45) is 0 Å². The van der Waals surface area contributed by atoms with Crippen LogP contribution in [-0.2, 0) is 10.0 Å². The van der Waals surface area contributed by atoms with E-state index in [0.717, 1.165) is 22.2 Å². The number of phenolic OH excluding ortho intramolecular Hbond substituents is 2. The van der Waals surface area contributed by atoms with Crippen molar-refractivity contribution < 1.29 is 18.6 Å². The molecule has 29 heavy (non-hydrogen) atoms. The van der Waals surface area contributed by atoms with Crippen LogP contribution in [0.1, 0.15) is 0 Å². The first-order valence-electron chi connectivity index (χ1n) is 8.34. The number of aromatic hydroxyl groups is 2. The summed E-state index contributed by atoms with van der Waals surface area (Å²) in [6.45, 7) is 0. The Morgan fingerprint density at radius 2 is 1.69 bits per heavy atom. The summed E-state index contributed by atoms with van der Waals surface area (Å²) in [6.07, 6.45) is 1.32. The fourth-order valence-corrected chi connectivity index (χ4v) is 4.78. The van der Waals surface area contributed by atoms with Crippen LogP contribution >= 0.6 is 11.6 Å². The summed E-state index contributed by atoms with van der Waals surface area (Å²) in [5, 5.41) is 19.9. The fourth-order valence-electron chi connectivity index (χ4n) is 3.10. The molecule has 2 aromatic carbocycles. The molecule has 4 rings (SSSR count). The Labute approximate surface area is 170 Å². The van der Waals surface area contributed by atoms with Gasteiger partial charge in [-0.25, -0.2) is 8.96 Å². The van der Waals surface area contributed by atoms with Crippen molar-refractivity contribution in [2.75, 3.05) is 0 Å². The maximum atomic E-state index is 13.5. The van der Waals surface area contributed by atoms with Crippen LogP contribution in [0.5, 0.6) is 11.5 Å². The number of phenols is 2. The van der Waals surface area contributed by atoms with E-state index in [-0.39, 0.29) is 32.2 Å². The second kappa shape index (κ2) is 6.91. The number of hydrogen-bond donors (Lipinski definition) is 2. The fraction of sp³-hybridized carbons (Fsp3) is 0. The standard InChI is InChI=1S/C20H13ClN2O5S/c21-14-6-2-1-5-13(14)15-11-18(26)20-16(9-12(24)10-17(20)25)23(15)29(27,28)19-7-3-4-8-22-19/h1-11,24-25H. The minimum atomic E-state index is -4.33. The SMILES string of the molecule is O=c1cc(-c2ccccc2Cl)n(S(=O)(=O)c2ccccn2)c2cc(O)cc(O)c12. The number of hydrogen-bond acceptors (Lipinski definition) is 6. The van der Waals surface area contributed by atoms with E-state index >= 15 is 0 Å². The molecule has 9 heteroatoms. The van der Waals surface area contributed by atoms with Crippen molar-refractivity contribution in [2.45, 2.75) is 5.03 Å². The molecule has 0 bridgehead atoms. The lowest BCUT2D eigenvalue weighted by molar-refractivity contribution is 0.454. The van der Waals surface area contributed by atoms with Gasteiger partial charge in [-0.1, -0.05) is 35.9 Å². The van der Waals surface area contributed by atoms with Gasteiger partial charge in [-0.3, -0.25) is 4.79 Å². The zero-order valence-corrected chi connectivity index (χ0v) is 16.2. The Morgan fingerprint density at radius 3 is 2.38 bits per heavy atom. The first-order chi connectivity index (χ1) is 13.8. The molecule has 0 amide bonds. The second-order valence-electron chi connectivity index (χ2n) is 6.17. The zero-order chi connectivity index (χ0) is 20.8. The third-order valence-corrected chi connectivity index (χ3v) is 6.30. The quantitative estimate of drug-likeness (QED) is 0.517. The van der Waals surface area contributed by atoms with Crippen molar-refractivity contribution in [3.63, 3.8) is 0 Å². The molecule has 4 aromatic rings. The monoisotopic (exact) mass is 428 g/mol. The molecule has 0 spiro atoms. The molecule has 2 aromatic heterocycles. The van der Waals surface area contributed by atoms with Gasteiger partial charge in [-0.2, -0.15) is 8.42 Å². The van der Waals surface area contributed by atoms with Gasteiger partial charge in [0.25, 0.3) is 10.0 Å². The van der Waals surface area contributed by atoms with E-state index in [1.54, 1.807) is 30.3 Å². The van der Waals surface area contributed by atoms with Crippen LogP contribution in [-0.4, -0.2) is 27.6 Å². The number of fused-ring (bicyclic) bond motifs is 1. The molecule has 0 radical (unpaired) electrons. The summed E-state index contributed by atoms with van der Waals surface area (Å²) < 4.78 is 27.8. The first kappa shape index (κ1) is 19.0. The Hall–Kier alpha value is -3.36. The van der Waals surface area contributed by atoms with Crippen molar-refractivity contribution in [3.05, 3.63) is 82.1 Å². The zero-order valence-electron chi connectivity index (χ0n) is 14.7. The average molecular weight is 429 g/mol. The predicted molar refractivity (Wildman–Crippen MR) is 109 cm³/mol. The normalized spacial score (nSPS) is 11.6. The number of halogens is 1. The Kier molecular flexibility index (Phi) is 4.52. The van der Waals surface area contributed by atoms with Crippen LogP contribution in [0.2, 0.25) is 5.02 Å². The molecule has 0 saturated carbocycles. The van der Waals surface area contributed by atoms with E-state index in [1.165, 1.54) is 18.3 Å². The van der Waals surface area contributed by atoms with Gasteiger partial charge in [0.1, 0.15) is 11.5 Å². The molecule has 7 nitrogen and oxygen atoms in total. The highest BCUT2D eigenvalue weighted by Gasteiger charge is 2.26. The second-order valence-corrected chi connectivity index (χ2v) is 8.31. The molecule has 0 aliphatic carbocycles. The van der Waals surface area contributed by atoms with Crippen LogP contribution in [0, 0.1) is 0 Å². The summed E-state index contributed by atoms with van der Waals surface area (Å²) in [5.74, 6) is -0.948. The Bertz CT molecular complexity index is 1420. The van der Waals surface area contributed by atoms with Crippen LogP contribution in [0.4, 0.5) is 0 Å². The maximum absolute atomic E-state index is 13.5. The molecule has 0 atom stereocenters. The Balaban J connectivity index is 2.25. The third kappa shape index (κ3) is 3.12. The molecule has 2 N–H and O–H groups in total. The highest BCUT2D eigenvalue weighted by molar-refractivity contribution is 7.90. The van der Waals surface area contributed by atoms with E-state index in [2.05, 4.69) is 4.98 Å². The van der Waals surface area contributed by atoms with Gasteiger partial charge in [0.05, 0.1) is 16.6 Å². The largest absolute Gasteiger partial charge is 0.508 e. The summed E-state index contributed by atoms with van der Waals surface area (Å²) in [5.41, 5.74) is -0.560. The van der Waals surface area contributed by atoms with Crippen LogP contribution in [0.25, 0.3) is 22.2 Å². The van der Waals surface area contributed by atoms with Crippen LogP contribution in [0.15, 0.2) is 76.7 Å². The summed E-state index contributed by atoms with van der Waals surface area (Å²) in [6, 6.07) is 14.0. The van der Waals surface area contributed by atoms with Crippen molar-refractivity contribution in [3.8, 4) is 22.8 Å². The minimum Gasteiger partial charge on any atom is -0.508 e. The molecule has 0 unspecified atom stereocenters. The van der Waals surface area contributed by atoms with Crippen molar-refractivity contribution >= 4 is 32.5 Å². The smallest absolute Gasteiger partial charge is 0.286 e. The lowest BCUT2D eigenvalue weighted by atomic mass is 10.1. The average Bonchev–Trinajstić information content (AvgIpc) is 2.68. The molecule has 0 aliphatic rings. The van der Waals surface area contributed by atoms with Gasteiger partial charge in [0.15, 0.2) is 10.5 Å². The molecular weight excluding hydrogens is 416 g/mol. The number of pyridine rings is 2. The summed E-state index contributed by atoms with van der Waals surface area (Å²) in [7, 11) is -4.33. The predicted octanol–water partition coefficient (Wildman–Crippen LogP) is 3.37.